The highest BCUT2D eigenvalue weighted by atomic mass is 32.1. The predicted octanol–water partition coefficient (Wildman–Crippen LogP) is 2.25. The first-order chi connectivity index (χ1) is 12.4. The van der Waals surface area contributed by atoms with E-state index < -0.39 is 5.60 Å². The van der Waals surface area contributed by atoms with Crippen LogP contribution in [0.15, 0.2) is 40.4 Å². The molecule has 3 aromatic heterocycles. The second-order valence-corrected chi connectivity index (χ2v) is 6.73. The van der Waals surface area contributed by atoms with Crippen molar-refractivity contribution in [2.24, 2.45) is 0 Å². The number of rotatable bonds is 4. The number of aliphatic hydroxyl groups is 1. The lowest BCUT2D eigenvalue weighted by Gasteiger charge is -2.05. The fourth-order valence-electron chi connectivity index (χ4n) is 1.90. The molecule has 0 unspecified atom stereocenters. The molecule has 8 heteroatoms. The van der Waals surface area contributed by atoms with E-state index in [1.54, 1.807) is 38.4 Å². The molecular weight excluding hydrogens is 352 g/mol. The molecule has 0 radical (unpaired) electrons. The van der Waals surface area contributed by atoms with Crippen LogP contribution in [0.3, 0.4) is 0 Å². The minimum Gasteiger partial charge on any atom is -0.443 e. The van der Waals surface area contributed by atoms with Crippen LogP contribution in [0.5, 0.6) is 0 Å². The van der Waals surface area contributed by atoms with Gasteiger partial charge in [-0.3, -0.25) is 4.79 Å². The van der Waals surface area contributed by atoms with Gasteiger partial charge in [-0.15, -0.1) is 11.3 Å². The number of thiazole rings is 1. The van der Waals surface area contributed by atoms with Gasteiger partial charge < -0.3 is 14.8 Å². The van der Waals surface area contributed by atoms with Crippen molar-refractivity contribution in [1.82, 2.24) is 20.3 Å². The molecule has 0 saturated carbocycles. The summed E-state index contributed by atoms with van der Waals surface area (Å²) in [6.07, 6.45) is 3.31. The summed E-state index contributed by atoms with van der Waals surface area (Å²) in [5.41, 5.74) is -0.417. The molecule has 132 valence electrons. The van der Waals surface area contributed by atoms with Crippen molar-refractivity contribution in [3.8, 4) is 22.7 Å². The number of amides is 1. The third kappa shape index (κ3) is 4.75. The van der Waals surface area contributed by atoms with E-state index in [0.29, 0.717) is 22.3 Å². The zero-order valence-corrected chi connectivity index (χ0v) is 15.0. The van der Waals surface area contributed by atoms with E-state index in [1.165, 1.54) is 17.4 Å². The number of nitrogens with one attached hydrogen (secondary N) is 1. The summed E-state index contributed by atoms with van der Waals surface area (Å²) in [5.74, 6) is 5.95. The first-order valence-electron chi connectivity index (χ1n) is 7.76. The lowest BCUT2D eigenvalue weighted by atomic mass is 10.1. The molecule has 1 amide bonds. The monoisotopic (exact) mass is 368 g/mol. The standard InChI is InChI=1S/C18H16N4O3S/c1-18(2,24)7-6-13-4-5-14(25-13)16(23)21-10-12-11-26-17(22-12)15-19-8-3-9-20-15/h3-5,8-9,11,24H,10H2,1-2H3,(H,21,23). The maximum atomic E-state index is 12.2. The number of carbonyl (C=O) groups excluding carboxylic acids is 1. The van der Waals surface area contributed by atoms with Crippen LogP contribution in [0.4, 0.5) is 0 Å². The molecule has 0 aliphatic heterocycles. The van der Waals surface area contributed by atoms with E-state index in [4.69, 9.17) is 4.42 Å². The zero-order valence-electron chi connectivity index (χ0n) is 14.2. The average molecular weight is 368 g/mol. The van der Waals surface area contributed by atoms with Gasteiger partial charge in [0.25, 0.3) is 5.91 Å². The van der Waals surface area contributed by atoms with E-state index in [1.807, 2.05) is 5.38 Å². The molecular formula is C18H16N4O3S. The molecule has 0 fully saturated rings. The Balaban J connectivity index is 1.60. The van der Waals surface area contributed by atoms with E-state index in [0.717, 1.165) is 0 Å². The molecule has 0 aromatic carbocycles. The van der Waals surface area contributed by atoms with Gasteiger partial charge in [0, 0.05) is 17.8 Å². The van der Waals surface area contributed by atoms with Crippen LogP contribution in [0.2, 0.25) is 0 Å². The second-order valence-electron chi connectivity index (χ2n) is 5.87. The lowest BCUT2D eigenvalue weighted by molar-refractivity contribution is 0.0922. The smallest absolute Gasteiger partial charge is 0.287 e. The highest BCUT2D eigenvalue weighted by Crippen LogP contribution is 2.19. The maximum absolute atomic E-state index is 12.2. The molecule has 0 aliphatic rings. The second kappa shape index (κ2) is 7.47. The Labute approximate surface area is 154 Å². The van der Waals surface area contributed by atoms with Gasteiger partial charge >= 0.3 is 0 Å². The van der Waals surface area contributed by atoms with Crippen molar-refractivity contribution >= 4 is 17.2 Å². The Morgan fingerprint density at radius 3 is 2.85 bits per heavy atom. The molecule has 26 heavy (non-hydrogen) atoms. The Kier molecular flexibility index (Phi) is 5.11. The van der Waals surface area contributed by atoms with Crippen LogP contribution in [0.25, 0.3) is 10.8 Å². The number of aromatic nitrogens is 3. The van der Waals surface area contributed by atoms with E-state index >= 15 is 0 Å². The van der Waals surface area contributed by atoms with Crippen LogP contribution < -0.4 is 5.32 Å². The van der Waals surface area contributed by atoms with Gasteiger partial charge in [0.15, 0.2) is 22.4 Å². The quantitative estimate of drug-likeness (QED) is 0.685. The third-order valence-corrected chi connectivity index (χ3v) is 3.95. The van der Waals surface area contributed by atoms with Gasteiger partial charge in [0.05, 0.1) is 12.2 Å². The summed E-state index contributed by atoms with van der Waals surface area (Å²) in [6.45, 7) is 3.39. The lowest BCUT2D eigenvalue weighted by Crippen LogP contribution is -2.22. The van der Waals surface area contributed by atoms with Crippen LogP contribution in [0, 0.1) is 11.8 Å². The van der Waals surface area contributed by atoms with E-state index in [-0.39, 0.29) is 18.2 Å². The summed E-state index contributed by atoms with van der Waals surface area (Å²) in [6, 6.07) is 4.86. The number of hydrogen-bond donors (Lipinski definition) is 2. The van der Waals surface area contributed by atoms with Crippen molar-refractivity contribution in [2.45, 2.75) is 26.0 Å². The fourth-order valence-corrected chi connectivity index (χ4v) is 2.66. The molecule has 0 aliphatic carbocycles. The summed E-state index contributed by atoms with van der Waals surface area (Å²) < 4.78 is 5.37. The number of furan rings is 1. The van der Waals surface area contributed by atoms with Crippen LogP contribution in [-0.2, 0) is 6.54 Å². The Morgan fingerprint density at radius 1 is 1.35 bits per heavy atom. The van der Waals surface area contributed by atoms with Crippen LogP contribution in [-0.4, -0.2) is 31.6 Å². The Morgan fingerprint density at radius 2 is 2.12 bits per heavy atom. The largest absolute Gasteiger partial charge is 0.443 e. The molecule has 3 heterocycles. The topological polar surface area (TPSA) is 101 Å². The van der Waals surface area contributed by atoms with E-state index in [2.05, 4.69) is 32.1 Å². The summed E-state index contributed by atoms with van der Waals surface area (Å²) >= 11 is 1.41. The normalized spacial score (nSPS) is 10.9. The molecule has 3 aromatic rings. The first kappa shape index (κ1) is 17.8. The fraction of sp³-hybridized carbons (Fsp3) is 0.222. The minimum atomic E-state index is -1.12. The van der Waals surface area contributed by atoms with Gasteiger partial charge in [0.2, 0.25) is 0 Å². The Hall–Kier alpha value is -3.02. The highest BCUT2D eigenvalue weighted by molar-refractivity contribution is 7.13. The van der Waals surface area contributed by atoms with E-state index in [9.17, 15) is 9.90 Å². The predicted molar refractivity (Wildman–Crippen MR) is 96.2 cm³/mol. The molecule has 7 nitrogen and oxygen atoms in total. The van der Waals surface area contributed by atoms with Gasteiger partial charge in [0.1, 0.15) is 5.60 Å². The van der Waals surface area contributed by atoms with Gasteiger partial charge in [-0.1, -0.05) is 5.92 Å². The van der Waals surface area contributed by atoms with Crippen molar-refractivity contribution in [3.05, 3.63) is 53.2 Å². The van der Waals surface area contributed by atoms with Gasteiger partial charge in [-0.2, -0.15) is 0 Å². The average Bonchev–Trinajstić information content (AvgIpc) is 3.28. The van der Waals surface area contributed by atoms with Crippen molar-refractivity contribution < 1.29 is 14.3 Å². The number of carbonyl (C=O) groups is 1. The zero-order chi connectivity index (χ0) is 18.6. The summed E-state index contributed by atoms with van der Waals surface area (Å²) in [7, 11) is 0. The highest BCUT2D eigenvalue weighted by Gasteiger charge is 2.13. The molecule has 2 N–H and O–H groups in total. The van der Waals surface area contributed by atoms with Crippen LogP contribution in [0.1, 0.15) is 35.9 Å². The number of nitrogens with zero attached hydrogens (tertiary/aromatic N) is 3. The maximum Gasteiger partial charge on any atom is 0.287 e. The van der Waals surface area contributed by atoms with Crippen molar-refractivity contribution in [2.75, 3.05) is 0 Å². The number of hydrogen-bond acceptors (Lipinski definition) is 7. The van der Waals surface area contributed by atoms with Crippen LogP contribution >= 0.6 is 11.3 Å². The van der Waals surface area contributed by atoms with Crippen molar-refractivity contribution in [1.29, 1.82) is 0 Å². The van der Waals surface area contributed by atoms with Gasteiger partial charge in [-0.25, -0.2) is 15.0 Å². The molecule has 0 spiro atoms. The third-order valence-electron chi connectivity index (χ3n) is 3.06. The molecule has 0 atom stereocenters. The summed E-state index contributed by atoms with van der Waals surface area (Å²) in [4.78, 5) is 24.9. The molecule has 0 saturated heterocycles. The SMILES string of the molecule is CC(C)(O)C#Cc1ccc(C(=O)NCc2csc(-c3ncccn3)n2)o1. The molecule has 0 bridgehead atoms. The minimum absolute atomic E-state index is 0.145. The first-order valence-corrected chi connectivity index (χ1v) is 8.64. The Bertz CT molecular complexity index is 961. The van der Waals surface area contributed by atoms with Gasteiger partial charge in [-0.05, 0) is 38.0 Å². The molecule has 3 rings (SSSR count). The summed E-state index contributed by atoms with van der Waals surface area (Å²) in [5, 5.41) is 14.9. The van der Waals surface area contributed by atoms with Crippen molar-refractivity contribution in [3.63, 3.8) is 0 Å².